The second-order valence-corrected chi connectivity index (χ2v) is 7.14. The number of amides is 1. The molecule has 0 saturated heterocycles. The van der Waals surface area contributed by atoms with E-state index in [1.165, 1.54) is 0 Å². The highest BCUT2D eigenvalue weighted by Crippen LogP contribution is 2.36. The molecule has 0 bridgehead atoms. The Bertz CT molecular complexity index is 985. The Labute approximate surface area is 159 Å². The molecule has 0 aliphatic carbocycles. The zero-order valence-electron chi connectivity index (χ0n) is 15.4. The highest BCUT2D eigenvalue weighted by atomic mass is 19.4. The second-order valence-electron chi connectivity index (χ2n) is 7.14. The quantitative estimate of drug-likeness (QED) is 0.749. The molecule has 1 amide bonds. The normalized spacial score (nSPS) is 20.6. The number of rotatable bonds is 3. The van der Waals surface area contributed by atoms with E-state index in [4.69, 9.17) is 0 Å². The number of hydrogen-bond donors (Lipinski definition) is 3. The van der Waals surface area contributed by atoms with Crippen LogP contribution in [0.25, 0.3) is 11.0 Å². The number of nitrogens with one attached hydrogen (secondary N) is 3. The molecule has 4 rings (SSSR count). The summed E-state index contributed by atoms with van der Waals surface area (Å²) in [5.74, 6) is 0.0398. The van der Waals surface area contributed by atoms with Crippen molar-refractivity contribution in [3.63, 3.8) is 0 Å². The topological polar surface area (TPSA) is 78.9 Å². The number of anilines is 1. The summed E-state index contributed by atoms with van der Waals surface area (Å²) in [5.41, 5.74) is 4.01. The first-order chi connectivity index (χ1) is 13.2. The molecule has 3 N–H and O–H groups in total. The predicted molar refractivity (Wildman–Crippen MR) is 98.6 cm³/mol. The van der Waals surface area contributed by atoms with Crippen molar-refractivity contribution in [3.05, 3.63) is 40.7 Å². The number of halogens is 3. The molecule has 6 nitrogen and oxygen atoms in total. The number of benzene rings is 1. The van der Waals surface area contributed by atoms with Gasteiger partial charge in [0, 0.05) is 36.2 Å². The highest BCUT2D eigenvalue weighted by Gasteiger charge is 2.37. The molecule has 1 aromatic heterocycles. The van der Waals surface area contributed by atoms with Gasteiger partial charge in [0.25, 0.3) is 0 Å². The van der Waals surface area contributed by atoms with E-state index in [9.17, 15) is 18.0 Å². The van der Waals surface area contributed by atoms with Crippen molar-refractivity contribution >= 4 is 22.8 Å². The number of hydrogen-bond acceptors (Lipinski definition) is 5. The monoisotopic (exact) mass is 391 g/mol. The van der Waals surface area contributed by atoms with Crippen molar-refractivity contribution in [2.75, 3.05) is 11.9 Å². The first kappa shape index (κ1) is 18.5. The van der Waals surface area contributed by atoms with E-state index in [1.54, 1.807) is 13.0 Å². The fourth-order valence-corrected chi connectivity index (χ4v) is 3.62. The van der Waals surface area contributed by atoms with Crippen molar-refractivity contribution in [2.45, 2.75) is 44.9 Å². The van der Waals surface area contributed by atoms with Crippen molar-refractivity contribution < 1.29 is 18.0 Å². The van der Waals surface area contributed by atoms with E-state index in [2.05, 4.69) is 25.9 Å². The molecule has 1 aromatic carbocycles. The van der Waals surface area contributed by atoms with E-state index in [-0.39, 0.29) is 17.8 Å². The Morgan fingerprint density at radius 2 is 2.07 bits per heavy atom. The lowest BCUT2D eigenvalue weighted by Crippen LogP contribution is -2.33. The molecule has 2 atom stereocenters. The molecule has 3 heterocycles. The first-order valence-corrected chi connectivity index (χ1v) is 9.11. The summed E-state index contributed by atoms with van der Waals surface area (Å²) in [4.78, 5) is 21.0. The van der Waals surface area contributed by atoms with E-state index in [0.29, 0.717) is 29.7 Å². The summed E-state index contributed by atoms with van der Waals surface area (Å²) in [6.45, 7) is 3.27. The third-order valence-electron chi connectivity index (χ3n) is 5.18. The average molecular weight is 391 g/mol. The molecule has 1 unspecified atom stereocenters. The number of carbonyl (C=O) groups is 1. The predicted octanol–water partition coefficient (Wildman–Crippen LogP) is 3.11. The van der Waals surface area contributed by atoms with E-state index >= 15 is 0 Å². The minimum absolute atomic E-state index is 0.0697. The van der Waals surface area contributed by atoms with Crippen LogP contribution in [0.4, 0.5) is 19.0 Å². The van der Waals surface area contributed by atoms with Gasteiger partial charge in [-0.25, -0.2) is 9.97 Å². The molecule has 0 radical (unpaired) electrons. The van der Waals surface area contributed by atoms with E-state index < -0.39 is 12.2 Å². The van der Waals surface area contributed by atoms with E-state index in [0.717, 1.165) is 30.2 Å². The standard InChI is InChI=1S/C19H20F3N5O/c1-9-17(25-10(2)19(20,21)22)27-16-11(4-3-5-14(16)24-9)15-8-12-13(26-15)6-7-23-18(12)28/h3-5,10,15,26H,6-8H2,1-2H3,(H,23,28)(H,25,27)/t10-,15?/m0/s1. The van der Waals surface area contributed by atoms with Crippen molar-refractivity contribution in [2.24, 2.45) is 0 Å². The molecule has 9 heteroatoms. The van der Waals surface area contributed by atoms with Crippen molar-refractivity contribution in [3.8, 4) is 0 Å². The molecule has 2 aliphatic heterocycles. The van der Waals surface area contributed by atoms with Crippen LogP contribution >= 0.6 is 0 Å². The number of para-hydroxylation sites is 1. The summed E-state index contributed by atoms with van der Waals surface area (Å²) in [6, 6.07) is 3.59. The van der Waals surface area contributed by atoms with Crippen LogP contribution in [0.15, 0.2) is 29.5 Å². The van der Waals surface area contributed by atoms with E-state index in [1.807, 2.05) is 12.1 Å². The Hall–Kier alpha value is -2.84. The first-order valence-electron chi connectivity index (χ1n) is 9.11. The smallest absolute Gasteiger partial charge is 0.381 e. The third-order valence-corrected chi connectivity index (χ3v) is 5.18. The molecular formula is C19H20F3N5O. The lowest BCUT2D eigenvalue weighted by molar-refractivity contribution is -0.138. The number of aryl methyl sites for hydroxylation is 1. The zero-order chi connectivity index (χ0) is 20.1. The average Bonchev–Trinajstić information content (AvgIpc) is 3.06. The van der Waals surface area contributed by atoms with Gasteiger partial charge >= 0.3 is 6.18 Å². The van der Waals surface area contributed by atoms with Gasteiger partial charge in [0.05, 0.1) is 22.8 Å². The molecule has 2 aromatic rings. The molecule has 28 heavy (non-hydrogen) atoms. The van der Waals surface area contributed by atoms with Gasteiger partial charge in [-0.05, 0) is 19.9 Å². The minimum atomic E-state index is -4.38. The van der Waals surface area contributed by atoms with Crippen LogP contribution < -0.4 is 16.0 Å². The summed E-state index contributed by atoms with van der Waals surface area (Å²) in [5, 5.41) is 8.64. The summed E-state index contributed by atoms with van der Waals surface area (Å²) in [6.07, 6.45) is -3.13. The van der Waals surface area contributed by atoms with Gasteiger partial charge in [0.1, 0.15) is 11.9 Å². The number of alkyl halides is 3. The number of aromatic nitrogens is 2. The number of carbonyl (C=O) groups excluding carboxylic acids is 1. The van der Waals surface area contributed by atoms with Crippen LogP contribution in [0, 0.1) is 6.92 Å². The Kier molecular flexibility index (Phi) is 4.40. The fourth-order valence-electron chi connectivity index (χ4n) is 3.62. The Balaban J connectivity index is 1.70. The van der Waals surface area contributed by atoms with Crippen LogP contribution in [0.5, 0.6) is 0 Å². The minimum Gasteiger partial charge on any atom is -0.381 e. The lowest BCUT2D eigenvalue weighted by Gasteiger charge is -2.20. The number of nitrogens with zero attached hydrogens (tertiary/aromatic N) is 2. The molecule has 0 saturated carbocycles. The molecular weight excluding hydrogens is 371 g/mol. The maximum atomic E-state index is 12.9. The van der Waals surface area contributed by atoms with Crippen molar-refractivity contribution in [1.29, 1.82) is 0 Å². The van der Waals surface area contributed by atoms with Crippen LogP contribution in [-0.2, 0) is 4.79 Å². The molecule has 148 valence electrons. The molecule has 0 spiro atoms. The zero-order valence-corrected chi connectivity index (χ0v) is 15.4. The SMILES string of the molecule is Cc1nc2cccc(C3CC4=C(CCNC4=O)N3)c2nc1N[C@@H](C)C(F)(F)F. The van der Waals surface area contributed by atoms with Gasteiger partial charge in [-0.15, -0.1) is 0 Å². The Morgan fingerprint density at radius 1 is 1.29 bits per heavy atom. The maximum Gasteiger partial charge on any atom is 0.408 e. The number of fused-ring (bicyclic) bond motifs is 1. The lowest BCUT2D eigenvalue weighted by atomic mass is 9.99. The summed E-state index contributed by atoms with van der Waals surface area (Å²) >= 11 is 0. The fraction of sp³-hybridized carbons (Fsp3) is 0.421. The molecule has 0 fully saturated rings. The highest BCUT2D eigenvalue weighted by molar-refractivity contribution is 5.96. The largest absolute Gasteiger partial charge is 0.408 e. The maximum absolute atomic E-state index is 12.9. The van der Waals surface area contributed by atoms with Gasteiger partial charge in [-0.1, -0.05) is 12.1 Å². The Morgan fingerprint density at radius 3 is 2.79 bits per heavy atom. The second kappa shape index (κ2) is 6.65. The molecule has 2 aliphatic rings. The van der Waals surface area contributed by atoms with Crippen LogP contribution in [-0.4, -0.2) is 34.6 Å². The van der Waals surface area contributed by atoms with Gasteiger partial charge in [-0.2, -0.15) is 13.2 Å². The van der Waals surface area contributed by atoms with Gasteiger partial charge in [0.15, 0.2) is 0 Å². The van der Waals surface area contributed by atoms with Crippen molar-refractivity contribution in [1.82, 2.24) is 20.6 Å². The van der Waals surface area contributed by atoms with Crippen LogP contribution in [0.3, 0.4) is 0 Å². The van der Waals surface area contributed by atoms with Gasteiger partial charge in [-0.3, -0.25) is 4.79 Å². The van der Waals surface area contributed by atoms with Crippen LogP contribution in [0.2, 0.25) is 0 Å². The summed E-state index contributed by atoms with van der Waals surface area (Å²) < 4.78 is 38.8. The van der Waals surface area contributed by atoms with Gasteiger partial charge in [0.2, 0.25) is 5.91 Å². The van der Waals surface area contributed by atoms with Crippen LogP contribution in [0.1, 0.15) is 37.1 Å². The van der Waals surface area contributed by atoms with Gasteiger partial charge < -0.3 is 16.0 Å². The third kappa shape index (κ3) is 3.25. The summed E-state index contributed by atoms with van der Waals surface area (Å²) in [7, 11) is 0.